The van der Waals surface area contributed by atoms with Crippen LogP contribution in [-0.4, -0.2) is 130 Å². The molecule has 2 aliphatic heterocycles. The Hall–Kier alpha value is -4.91. The van der Waals surface area contributed by atoms with Crippen LogP contribution >= 0.6 is 38.4 Å². The zero-order valence-electron chi connectivity index (χ0n) is 54.6. The summed E-state index contributed by atoms with van der Waals surface area (Å²) in [5, 5.41) is 8.81. The van der Waals surface area contributed by atoms with Crippen molar-refractivity contribution >= 4 is 63.4 Å². The number of nitriles is 1. The summed E-state index contributed by atoms with van der Waals surface area (Å²) in [6, 6.07) is 39.7. The molecule has 4 heterocycles. The molecule has 0 saturated carbocycles. The number of hydrogen-bond donors (Lipinski definition) is 3. The molecule has 2 aliphatic rings. The van der Waals surface area contributed by atoms with Crippen molar-refractivity contribution in [3.63, 3.8) is 0 Å². The minimum Gasteiger partial charge on any atom is -0.407 e. The van der Waals surface area contributed by atoms with Crippen LogP contribution in [0.4, 0.5) is 0 Å². The minimum absolute atomic E-state index is 0. The molecule has 8 rings (SSSR count). The minimum atomic E-state index is -4.77. The number of nitrogens with one attached hydrogen (secondary N) is 2. The maximum Gasteiger partial charge on any atom is 0.394 e. The Bertz CT molecular complexity index is 3530. The molecule has 28 heteroatoms. The predicted molar refractivity (Wildman–Crippen MR) is 365 cm³/mol. The molecular weight excluding hydrogens is 1290 g/mol. The molecular formula is C64H87BClN6O15P2SSi2. The van der Waals surface area contributed by atoms with Crippen LogP contribution in [0.25, 0.3) is 0 Å². The third kappa shape index (κ3) is 19.0. The molecule has 4 aromatic carbocycles. The third-order valence-electron chi connectivity index (χ3n) is 16.9. The van der Waals surface area contributed by atoms with Gasteiger partial charge in [-0.15, -0.1) is 0 Å². The fraction of sp³-hybridized carbons (Fsp3) is 0.484. The maximum atomic E-state index is 16.6. The lowest BCUT2D eigenvalue weighted by Gasteiger charge is -2.41. The van der Waals surface area contributed by atoms with E-state index in [1.165, 1.54) is 42.7 Å². The van der Waals surface area contributed by atoms with Gasteiger partial charge in [-0.3, -0.25) is 37.7 Å². The molecule has 21 nitrogen and oxygen atoms in total. The number of halogens is 1. The molecule has 0 amide bonds. The van der Waals surface area contributed by atoms with Gasteiger partial charge in [-0.05, 0) is 108 Å². The number of benzene rings is 4. The Morgan fingerprint density at radius 2 is 1.09 bits per heavy atom. The van der Waals surface area contributed by atoms with Gasteiger partial charge in [0.15, 0.2) is 29.1 Å². The maximum absolute atomic E-state index is 16.6. The second-order valence-electron chi connectivity index (χ2n) is 25.0. The normalized spacial score (nSPS) is 21.4. The second kappa shape index (κ2) is 33.2. The van der Waals surface area contributed by atoms with Crippen molar-refractivity contribution in [1.29, 1.82) is 5.26 Å². The summed E-state index contributed by atoms with van der Waals surface area (Å²) in [4.78, 5) is 71.6. The molecule has 3 radical (unpaired) electrons. The summed E-state index contributed by atoms with van der Waals surface area (Å²) in [6.45, 7) is 24.3. The molecule has 92 heavy (non-hydrogen) atoms. The Labute approximate surface area is 553 Å². The molecule has 3 N–H and O–H groups in total. The van der Waals surface area contributed by atoms with E-state index in [1.807, 2.05) is 165 Å². The highest BCUT2D eigenvalue weighted by molar-refractivity contribution is 8.55. The van der Waals surface area contributed by atoms with E-state index < -0.39 is 126 Å². The number of H-pyrrole nitrogens is 2. The van der Waals surface area contributed by atoms with Crippen molar-refractivity contribution in [3.05, 3.63) is 203 Å². The Morgan fingerprint density at radius 3 is 1.48 bits per heavy atom. The summed E-state index contributed by atoms with van der Waals surface area (Å²) in [7, 11) is -8.60. The topological polar surface area (TPSA) is 257 Å². The third-order valence-corrected chi connectivity index (χ3v) is 30.5. The van der Waals surface area contributed by atoms with Crippen LogP contribution in [0.15, 0.2) is 164 Å². The average molecular weight is 1380 g/mol. The van der Waals surface area contributed by atoms with Crippen molar-refractivity contribution in [1.82, 2.24) is 24.0 Å². The molecule has 2 unspecified atom stereocenters. The van der Waals surface area contributed by atoms with Gasteiger partial charge in [0.25, 0.3) is 11.1 Å². The summed E-state index contributed by atoms with van der Waals surface area (Å²) < 4.78 is 80.0. The van der Waals surface area contributed by atoms with E-state index in [0.29, 0.717) is 9.92 Å². The van der Waals surface area contributed by atoms with Crippen LogP contribution in [0.2, 0.25) is 41.3 Å². The molecule has 0 aliphatic carbocycles. The highest BCUT2D eigenvalue weighted by Crippen LogP contribution is 2.66. The largest absolute Gasteiger partial charge is 0.407 e. The number of rotatable bonds is 27. The van der Waals surface area contributed by atoms with E-state index in [4.69, 9.17) is 52.8 Å². The molecule has 497 valence electrons. The van der Waals surface area contributed by atoms with Gasteiger partial charge in [-0.25, -0.2) is 14.2 Å². The van der Waals surface area contributed by atoms with Gasteiger partial charge in [-0.2, -0.15) is 5.26 Å². The first-order valence-electron chi connectivity index (χ1n) is 30.4. The van der Waals surface area contributed by atoms with E-state index in [9.17, 15) is 29.3 Å². The van der Waals surface area contributed by atoms with Gasteiger partial charge in [0.05, 0.1) is 32.3 Å². The summed E-state index contributed by atoms with van der Waals surface area (Å²) >= 11 is 7.15. The fourth-order valence-corrected chi connectivity index (χ4v) is 16.8. The molecule has 6 aromatic rings. The lowest BCUT2D eigenvalue weighted by Crippen LogP contribution is -2.50. The van der Waals surface area contributed by atoms with E-state index in [2.05, 4.69) is 35.6 Å². The highest BCUT2D eigenvalue weighted by Gasteiger charge is 2.57. The smallest absolute Gasteiger partial charge is 0.394 e. The van der Waals surface area contributed by atoms with Gasteiger partial charge in [0, 0.05) is 42.9 Å². The summed E-state index contributed by atoms with van der Waals surface area (Å²) in [6.07, 6.45) is -7.96. The van der Waals surface area contributed by atoms with E-state index in [0.717, 1.165) is 38.7 Å². The number of aromatic amines is 2. The Morgan fingerprint density at radius 1 is 0.663 bits per heavy atom. The average Bonchev–Trinajstić information content (AvgIpc) is 1.34. The molecule has 2 saturated heterocycles. The molecule has 2 fully saturated rings. The van der Waals surface area contributed by atoms with Crippen molar-refractivity contribution in [2.45, 2.75) is 165 Å². The van der Waals surface area contributed by atoms with Crippen molar-refractivity contribution in [2.24, 2.45) is 0 Å². The van der Waals surface area contributed by atoms with Gasteiger partial charge < -0.3 is 41.9 Å². The zero-order chi connectivity index (χ0) is 66.5. The monoisotopic (exact) mass is 1380 g/mol. The Balaban J connectivity index is 0.00000159. The van der Waals surface area contributed by atoms with Crippen molar-refractivity contribution < 1.29 is 50.6 Å². The van der Waals surface area contributed by atoms with Crippen LogP contribution in [0.3, 0.4) is 0 Å². The lowest BCUT2D eigenvalue weighted by atomic mass is 9.80. The summed E-state index contributed by atoms with van der Waals surface area (Å²) in [5.41, 5.74) is -1.99. The van der Waals surface area contributed by atoms with Crippen LogP contribution < -0.4 is 22.5 Å². The summed E-state index contributed by atoms with van der Waals surface area (Å²) in [5.74, 6) is 0. The first-order chi connectivity index (χ1) is 43.0. The SMILES string of the molecule is CC(C)(C)[Si](C)(C)O[C@@H]1[C@H](OP(O)OCCC#N)[C@@H](COP(=O)(O[C@H]2[C@@H](O[Si](C)(C)C(C)(C)C)[C@H](n3ccc(=O)[nH]c3=O)O[C@@H]2COC(c2ccccc2)(c2ccccc2)c2ccccc2)Sc2ccc(Cl)cc2)O[C@H]1n1ccc(=O)[nH]c1=O.CCN(CC)CC.[B]. The predicted octanol–water partition coefficient (Wildman–Crippen LogP) is 12.1. The van der Waals surface area contributed by atoms with Gasteiger partial charge in [-0.1, -0.05) is 165 Å². The van der Waals surface area contributed by atoms with Crippen LogP contribution in [0.1, 0.15) is 97.9 Å². The van der Waals surface area contributed by atoms with Crippen molar-refractivity contribution in [2.75, 3.05) is 39.5 Å². The van der Waals surface area contributed by atoms with Crippen LogP contribution in [0.5, 0.6) is 0 Å². The molecule has 0 bridgehead atoms. The zero-order valence-corrected chi connectivity index (χ0v) is 59.9. The number of ether oxygens (including phenoxy) is 3. The number of nitrogens with zero attached hydrogens (tertiary/aromatic N) is 4. The second-order valence-corrected chi connectivity index (χ2v) is 39.8. The standard InChI is InChI=1S/C58H72ClN5O15P2SSi2.C6H15N.B/c1-56(2,3)83(7,8)78-50-48(76-80(69)72-36-20-33-60)45(75-52(50)63-34-31-46(65)61-54(63)67)38-73-81(70,82-43-29-27-42(59)28-30-43)77-49-44(74-53(64-35-32-47(66)62-55(64)68)51(49)79-84(9,10)57(4,5)6)37-71-58(39-21-14-11-15-22-39,40-23-16-12-17-24-40)41-25-18-13-19-26-41;1-4-7(5-2)6-3;/h11-19,21-32,34-35,44-45,48-53,69H,20,36-38H2,1-10H3,(H,61,65,67)(H,62,66,68);4-6H2,1-3H3;/t44-,45-,48-,49-,50-,51-,52-,53-,80?,81?;;/m1../s1. The molecule has 2 aromatic heterocycles. The quantitative estimate of drug-likeness (QED) is 0.0187. The van der Waals surface area contributed by atoms with Crippen LogP contribution in [0, 0.1) is 11.3 Å². The highest BCUT2D eigenvalue weighted by atomic mass is 35.5. The lowest BCUT2D eigenvalue weighted by molar-refractivity contribution is -0.0945. The molecule has 10 atom stereocenters. The van der Waals surface area contributed by atoms with E-state index >= 15 is 4.57 Å². The first-order valence-corrected chi connectivity index (χ1v) is 40.6. The van der Waals surface area contributed by atoms with Crippen molar-refractivity contribution in [3.8, 4) is 6.07 Å². The fourth-order valence-electron chi connectivity index (χ4n) is 9.89. The first kappa shape index (κ1) is 76.1. The van der Waals surface area contributed by atoms with E-state index in [1.54, 1.807) is 24.3 Å². The number of hydrogen-bond acceptors (Lipinski definition) is 18. The number of aromatic nitrogens is 4. The van der Waals surface area contributed by atoms with Gasteiger partial charge in [0.1, 0.15) is 42.2 Å². The van der Waals surface area contributed by atoms with E-state index in [-0.39, 0.29) is 28.0 Å². The van der Waals surface area contributed by atoms with Gasteiger partial charge >= 0.3 is 26.8 Å². The van der Waals surface area contributed by atoms with Gasteiger partial charge in [0.2, 0.25) is 0 Å². The molecule has 0 spiro atoms. The Kier molecular flexibility index (Phi) is 27.4. The van der Waals surface area contributed by atoms with Crippen LogP contribution in [-0.2, 0) is 51.3 Å².